The van der Waals surface area contributed by atoms with Gasteiger partial charge in [0.2, 0.25) is 0 Å². The molecule has 0 aliphatic carbocycles. The molecule has 0 N–H and O–H groups in total. The fourth-order valence-corrected chi connectivity index (χ4v) is 4.10. The third-order valence-corrected chi connectivity index (χ3v) is 9.67. The molecule has 0 spiro atoms. The SMILES string of the molecule is Cc1cc(Br)ccc1C(=O)CC[C@H](C)O[Si](C)(C)C(C)(C)C. The van der Waals surface area contributed by atoms with Crippen LogP contribution in [0, 0.1) is 6.92 Å². The van der Waals surface area contributed by atoms with Gasteiger partial charge in [-0.1, -0.05) is 42.8 Å². The van der Waals surface area contributed by atoms with Crippen LogP contribution in [-0.2, 0) is 4.43 Å². The normalized spacial score (nSPS) is 14.0. The van der Waals surface area contributed by atoms with E-state index in [0.717, 1.165) is 22.0 Å². The van der Waals surface area contributed by atoms with Crippen LogP contribution in [0.1, 0.15) is 56.5 Å². The van der Waals surface area contributed by atoms with Gasteiger partial charge in [-0.05, 0) is 56.1 Å². The molecule has 0 radical (unpaired) electrons. The number of rotatable bonds is 6. The van der Waals surface area contributed by atoms with Crippen molar-refractivity contribution in [2.24, 2.45) is 0 Å². The molecule has 0 saturated carbocycles. The predicted octanol–water partition coefficient (Wildman–Crippen LogP) is 6.13. The average molecular weight is 385 g/mol. The van der Waals surface area contributed by atoms with Crippen molar-refractivity contribution >= 4 is 30.0 Å². The second-order valence-electron chi connectivity index (χ2n) is 7.61. The first kappa shape index (κ1) is 19.6. The van der Waals surface area contributed by atoms with Gasteiger partial charge in [-0.25, -0.2) is 0 Å². The van der Waals surface area contributed by atoms with Crippen LogP contribution in [0.25, 0.3) is 0 Å². The molecule has 0 heterocycles. The Morgan fingerprint density at radius 2 is 1.91 bits per heavy atom. The molecule has 0 aliphatic heterocycles. The quantitative estimate of drug-likeness (QED) is 0.435. The van der Waals surface area contributed by atoms with Crippen LogP contribution in [0.2, 0.25) is 18.1 Å². The summed E-state index contributed by atoms with van der Waals surface area (Å²) in [6.07, 6.45) is 1.44. The maximum Gasteiger partial charge on any atom is 0.192 e. The van der Waals surface area contributed by atoms with Gasteiger partial charge in [0, 0.05) is 22.6 Å². The summed E-state index contributed by atoms with van der Waals surface area (Å²) >= 11 is 3.43. The first-order chi connectivity index (χ1) is 9.94. The van der Waals surface area contributed by atoms with E-state index in [9.17, 15) is 4.79 Å². The topological polar surface area (TPSA) is 26.3 Å². The molecule has 1 atom stereocenters. The summed E-state index contributed by atoms with van der Waals surface area (Å²) in [4.78, 5) is 12.4. The van der Waals surface area contributed by atoms with E-state index in [4.69, 9.17) is 4.43 Å². The van der Waals surface area contributed by atoms with Crippen LogP contribution >= 0.6 is 15.9 Å². The van der Waals surface area contributed by atoms with Crippen molar-refractivity contribution in [3.63, 3.8) is 0 Å². The highest BCUT2D eigenvalue weighted by Crippen LogP contribution is 2.37. The zero-order chi connectivity index (χ0) is 17.1. The van der Waals surface area contributed by atoms with E-state index in [1.165, 1.54) is 0 Å². The number of carbonyl (C=O) groups is 1. The molecular formula is C18H29BrO2Si. The van der Waals surface area contributed by atoms with Crippen molar-refractivity contribution in [1.29, 1.82) is 0 Å². The minimum Gasteiger partial charge on any atom is -0.414 e. The molecule has 1 aromatic rings. The third kappa shape index (κ3) is 5.32. The fourth-order valence-electron chi connectivity index (χ4n) is 2.15. The molecule has 0 fully saturated rings. The summed E-state index contributed by atoms with van der Waals surface area (Å²) in [5.74, 6) is 0.204. The second kappa shape index (κ2) is 7.41. The molecule has 22 heavy (non-hydrogen) atoms. The minimum absolute atomic E-state index is 0.126. The second-order valence-corrected chi connectivity index (χ2v) is 13.3. The Labute approximate surface area is 144 Å². The Morgan fingerprint density at radius 3 is 2.41 bits per heavy atom. The number of carbonyl (C=O) groups excluding carboxylic acids is 1. The van der Waals surface area contributed by atoms with Gasteiger partial charge in [-0.3, -0.25) is 4.79 Å². The number of ketones is 1. The van der Waals surface area contributed by atoms with Crippen LogP contribution in [0.15, 0.2) is 22.7 Å². The summed E-state index contributed by atoms with van der Waals surface area (Å²) < 4.78 is 7.33. The fraction of sp³-hybridized carbons (Fsp3) is 0.611. The lowest BCUT2D eigenvalue weighted by molar-refractivity contribution is 0.0953. The van der Waals surface area contributed by atoms with E-state index in [1.807, 2.05) is 25.1 Å². The molecule has 0 unspecified atom stereocenters. The predicted molar refractivity (Wildman–Crippen MR) is 100 cm³/mol. The third-order valence-electron chi connectivity index (χ3n) is 4.57. The molecule has 0 amide bonds. The highest BCUT2D eigenvalue weighted by molar-refractivity contribution is 9.10. The Bertz CT molecular complexity index is 532. The van der Waals surface area contributed by atoms with E-state index in [2.05, 4.69) is 56.7 Å². The maximum absolute atomic E-state index is 12.4. The summed E-state index contributed by atoms with van der Waals surface area (Å²) in [7, 11) is -1.76. The molecule has 0 saturated heterocycles. The smallest absolute Gasteiger partial charge is 0.192 e. The van der Waals surface area contributed by atoms with E-state index in [-0.39, 0.29) is 16.9 Å². The van der Waals surface area contributed by atoms with Crippen LogP contribution in [-0.4, -0.2) is 20.2 Å². The summed E-state index contributed by atoms with van der Waals surface area (Å²) in [5.41, 5.74) is 1.85. The highest BCUT2D eigenvalue weighted by Gasteiger charge is 2.38. The van der Waals surface area contributed by atoms with Crippen molar-refractivity contribution in [3.05, 3.63) is 33.8 Å². The number of hydrogen-bond donors (Lipinski definition) is 0. The number of aryl methyl sites for hydroxylation is 1. The zero-order valence-corrected chi connectivity index (χ0v) is 17.5. The first-order valence-corrected chi connectivity index (χ1v) is 11.6. The Kier molecular flexibility index (Phi) is 6.60. The number of Topliss-reactive ketones (excluding diaryl/α,β-unsaturated/α-hetero) is 1. The Hall–Kier alpha value is -0.453. The zero-order valence-electron chi connectivity index (χ0n) is 14.9. The van der Waals surface area contributed by atoms with Gasteiger partial charge in [0.15, 0.2) is 14.1 Å². The van der Waals surface area contributed by atoms with E-state index in [1.54, 1.807) is 0 Å². The molecule has 0 aromatic heterocycles. The molecule has 2 nitrogen and oxygen atoms in total. The number of hydrogen-bond acceptors (Lipinski definition) is 2. The van der Waals surface area contributed by atoms with Crippen LogP contribution < -0.4 is 0 Å². The monoisotopic (exact) mass is 384 g/mol. The van der Waals surface area contributed by atoms with E-state index < -0.39 is 8.32 Å². The van der Waals surface area contributed by atoms with Crippen molar-refractivity contribution < 1.29 is 9.22 Å². The van der Waals surface area contributed by atoms with Gasteiger partial charge < -0.3 is 4.43 Å². The first-order valence-electron chi connectivity index (χ1n) is 7.91. The standard InChI is InChI=1S/C18H29BrO2Si/c1-13-12-15(19)9-10-16(13)17(20)11-8-14(2)21-22(6,7)18(3,4)5/h9-10,12,14H,8,11H2,1-7H3/t14-/m0/s1. The van der Waals surface area contributed by atoms with E-state index >= 15 is 0 Å². The number of halogens is 1. The van der Waals surface area contributed by atoms with Gasteiger partial charge in [0.25, 0.3) is 0 Å². The lowest BCUT2D eigenvalue weighted by atomic mass is 10.0. The van der Waals surface area contributed by atoms with Crippen molar-refractivity contribution in [1.82, 2.24) is 0 Å². The molecule has 1 rings (SSSR count). The maximum atomic E-state index is 12.4. The van der Waals surface area contributed by atoms with Crippen molar-refractivity contribution in [3.8, 4) is 0 Å². The molecular weight excluding hydrogens is 356 g/mol. The Balaban J connectivity index is 2.61. The van der Waals surface area contributed by atoms with Crippen LogP contribution in [0.4, 0.5) is 0 Å². The van der Waals surface area contributed by atoms with Gasteiger partial charge in [-0.2, -0.15) is 0 Å². The van der Waals surface area contributed by atoms with Crippen LogP contribution in [0.5, 0.6) is 0 Å². The largest absolute Gasteiger partial charge is 0.414 e. The molecule has 4 heteroatoms. The van der Waals surface area contributed by atoms with Gasteiger partial charge in [0.1, 0.15) is 0 Å². The summed E-state index contributed by atoms with van der Waals surface area (Å²) in [6, 6.07) is 5.82. The lowest BCUT2D eigenvalue weighted by Gasteiger charge is -2.38. The summed E-state index contributed by atoms with van der Waals surface area (Å²) in [5, 5.41) is 0.202. The lowest BCUT2D eigenvalue weighted by Crippen LogP contribution is -2.43. The molecule has 1 aromatic carbocycles. The van der Waals surface area contributed by atoms with E-state index in [0.29, 0.717) is 6.42 Å². The van der Waals surface area contributed by atoms with Gasteiger partial charge in [0.05, 0.1) is 0 Å². The van der Waals surface area contributed by atoms with Crippen LogP contribution in [0.3, 0.4) is 0 Å². The van der Waals surface area contributed by atoms with Gasteiger partial charge in [-0.15, -0.1) is 0 Å². The van der Waals surface area contributed by atoms with Crippen molar-refractivity contribution in [2.75, 3.05) is 0 Å². The average Bonchev–Trinajstić information content (AvgIpc) is 2.34. The summed E-state index contributed by atoms with van der Waals surface area (Å²) in [6.45, 7) is 15.3. The highest BCUT2D eigenvalue weighted by atomic mass is 79.9. The van der Waals surface area contributed by atoms with Crippen molar-refractivity contribution in [2.45, 2.75) is 71.7 Å². The molecule has 124 valence electrons. The molecule has 0 aliphatic rings. The van der Waals surface area contributed by atoms with Gasteiger partial charge >= 0.3 is 0 Å². The Morgan fingerprint density at radius 1 is 1.32 bits per heavy atom. The number of benzene rings is 1. The molecule has 0 bridgehead atoms. The minimum atomic E-state index is -1.76.